The van der Waals surface area contributed by atoms with Crippen molar-refractivity contribution in [2.45, 2.75) is 31.7 Å². The number of carbonyl (C=O) groups is 1. The fourth-order valence-corrected chi connectivity index (χ4v) is 4.24. The van der Waals surface area contributed by atoms with Crippen LogP contribution in [0.4, 0.5) is 5.69 Å². The average Bonchev–Trinajstić information content (AvgIpc) is 3.21. The zero-order valence-corrected chi connectivity index (χ0v) is 15.9. The number of anilines is 1. The summed E-state index contributed by atoms with van der Waals surface area (Å²) in [5, 5.41) is 6.69. The molecule has 0 aromatic heterocycles. The van der Waals surface area contributed by atoms with Crippen LogP contribution in [-0.4, -0.2) is 19.6 Å². The highest BCUT2D eigenvalue weighted by Crippen LogP contribution is 2.50. The molecular formula is C23H26N2O2. The number of fused-ring (bicyclic) bond motifs is 3. The summed E-state index contributed by atoms with van der Waals surface area (Å²) < 4.78 is 5.41. The molecule has 2 N–H and O–H groups in total. The van der Waals surface area contributed by atoms with Crippen LogP contribution in [0.2, 0.25) is 0 Å². The molecule has 4 nitrogen and oxygen atoms in total. The van der Waals surface area contributed by atoms with Crippen LogP contribution in [0.3, 0.4) is 0 Å². The number of rotatable bonds is 5. The SMILES string of the molecule is CCCNC(=O)c1ccc2c(c1)C1C=CCC1C(c1cccc(OC)c1)N2. The second-order valence-corrected chi connectivity index (χ2v) is 7.31. The quantitative estimate of drug-likeness (QED) is 0.761. The molecule has 0 spiro atoms. The molecule has 3 atom stereocenters. The summed E-state index contributed by atoms with van der Waals surface area (Å²) in [5.74, 6) is 1.66. The van der Waals surface area contributed by atoms with Crippen molar-refractivity contribution in [3.8, 4) is 5.75 Å². The molecule has 1 amide bonds. The molecular weight excluding hydrogens is 336 g/mol. The van der Waals surface area contributed by atoms with Crippen molar-refractivity contribution < 1.29 is 9.53 Å². The predicted octanol–water partition coefficient (Wildman–Crippen LogP) is 4.66. The largest absolute Gasteiger partial charge is 0.497 e. The van der Waals surface area contributed by atoms with Gasteiger partial charge in [-0.1, -0.05) is 31.2 Å². The van der Waals surface area contributed by atoms with E-state index in [9.17, 15) is 4.79 Å². The van der Waals surface area contributed by atoms with Crippen LogP contribution in [-0.2, 0) is 0 Å². The first-order chi connectivity index (χ1) is 13.2. The van der Waals surface area contributed by atoms with E-state index in [1.807, 2.05) is 24.3 Å². The van der Waals surface area contributed by atoms with E-state index in [0.717, 1.165) is 29.8 Å². The number of benzene rings is 2. The van der Waals surface area contributed by atoms with Gasteiger partial charge in [-0.2, -0.15) is 0 Å². The lowest BCUT2D eigenvalue weighted by molar-refractivity contribution is 0.0953. The van der Waals surface area contributed by atoms with Gasteiger partial charge >= 0.3 is 0 Å². The third-order valence-corrected chi connectivity index (χ3v) is 5.61. The summed E-state index contributed by atoms with van der Waals surface area (Å²) in [5.41, 5.74) is 4.31. The summed E-state index contributed by atoms with van der Waals surface area (Å²) in [6, 6.07) is 14.5. The smallest absolute Gasteiger partial charge is 0.251 e. The molecule has 3 unspecified atom stereocenters. The maximum absolute atomic E-state index is 12.4. The molecule has 2 aromatic rings. The fourth-order valence-electron chi connectivity index (χ4n) is 4.24. The first-order valence-corrected chi connectivity index (χ1v) is 9.70. The Labute approximate surface area is 160 Å². The van der Waals surface area contributed by atoms with Crippen LogP contribution in [0.15, 0.2) is 54.6 Å². The molecule has 0 bridgehead atoms. The normalized spacial score (nSPS) is 22.5. The van der Waals surface area contributed by atoms with Crippen LogP contribution in [0, 0.1) is 5.92 Å². The number of methoxy groups -OCH3 is 1. The van der Waals surface area contributed by atoms with Crippen molar-refractivity contribution in [1.82, 2.24) is 5.32 Å². The zero-order chi connectivity index (χ0) is 18.8. The molecule has 2 aromatic carbocycles. The van der Waals surface area contributed by atoms with Gasteiger partial charge in [0.25, 0.3) is 5.91 Å². The predicted molar refractivity (Wildman–Crippen MR) is 108 cm³/mol. The molecule has 0 saturated carbocycles. The van der Waals surface area contributed by atoms with Crippen LogP contribution in [0.25, 0.3) is 0 Å². The van der Waals surface area contributed by atoms with Gasteiger partial charge < -0.3 is 15.4 Å². The van der Waals surface area contributed by atoms with E-state index in [4.69, 9.17) is 4.74 Å². The Morgan fingerprint density at radius 3 is 2.96 bits per heavy atom. The molecule has 0 fully saturated rings. The van der Waals surface area contributed by atoms with E-state index in [1.165, 1.54) is 11.1 Å². The minimum Gasteiger partial charge on any atom is -0.497 e. The first kappa shape index (κ1) is 17.7. The number of carbonyl (C=O) groups excluding carboxylic acids is 1. The van der Waals surface area contributed by atoms with Gasteiger partial charge in [-0.15, -0.1) is 0 Å². The summed E-state index contributed by atoms with van der Waals surface area (Å²) >= 11 is 0. The molecule has 0 radical (unpaired) electrons. The van der Waals surface area contributed by atoms with Gasteiger partial charge in [-0.05, 0) is 60.2 Å². The third kappa shape index (κ3) is 3.32. The number of hydrogen-bond acceptors (Lipinski definition) is 3. The Hall–Kier alpha value is -2.75. The Kier molecular flexibility index (Phi) is 4.88. The van der Waals surface area contributed by atoms with Crippen molar-refractivity contribution in [3.63, 3.8) is 0 Å². The summed E-state index contributed by atoms with van der Waals surface area (Å²) in [6.45, 7) is 2.77. The van der Waals surface area contributed by atoms with E-state index in [-0.39, 0.29) is 11.9 Å². The number of ether oxygens (including phenoxy) is 1. The lowest BCUT2D eigenvalue weighted by Gasteiger charge is -2.37. The monoisotopic (exact) mass is 362 g/mol. The molecule has 1 aliphatic heterocycles. The number of nitrogens with one attached hydrogen (secondary N) is 2. The first-order valence-electron chi connectivity index (χ1n) is 9.70. The van der Waals surface area contributed by atoms with Gasteiger partial charge in [0, 0.05) is 23.7 Å². The van der Waals surface area contributed by atoms with Gasteiger partial charge in [-0.3, -0.25) is 4.79 Å². The molecule has 4 rings (SSSR count). The summed E-state index contributed by atoms with van der Waals surface area (Å²) in [6.07, 6.45) is 6.54. The molecule has 140 valence electrons. The van der Waals surface area contributed by atoms with Gasteiger partial charge in [0.1, 0.15) is 5.75 Å². The van der Waals surface area contributed by atoms with Crippen molar-refractivity contribution >= 4 is 11.6 Å². The maximum Gasteiger partial charge on any atom is 0.251 e. The fraction of sp³-hybridized carbons (Fsp3) is 0.348. The van der Waals surface area contributed by atoms with Gasteiger partial charge in [0.05, 0.1) is 13.2 Å². The maximum atomic E-state index is 12.4. The Balaban J connectivity index is 1.67. The Morgan fingerprint density at radius 1 is 1.26 bits per heavy atom. The van der Waals surface area contributed by atoms with Crippen molar-refractivity contribution in [2.24, 2.45) is 5.92 Å². The van der Waals surface area contributed by atoms with Gasteiger partial charge in [0.2, 0.25) is 0 Å². The second-order valence-electron chi connectivity index (χ2n) is 7.31. The summed E-state index contributed by atoms with van der Waals surface area (Å²) in [7, 11) is 1.70. The Bertz CT molecular complexity index is 874. The van der Waals surface area contributed by atoms with E-state index in [1.54, 1.807) is 7.11 Å². The standard InChI is InChI=1S/C23H26N2O2/c1-3-12-24-23(26)16-10-11-21-20(14-16)18-8-5-9-19(18)22(25-21)15-6-4-7-17(13-15)27-2/h4-8,10-11,13-14,18-19,22,25H,3,9,12H2,1-2H3,(H,24,26). The second kappa shape index (κ2) is 7.47. The van der Waals surface area contributed by atoms with E-state index in [2.05, 4.69) is 47.9 Å². The lowest BCUT2D eigenvalue weighted by atomic mass is 9.76. The molecule has 0 saturated heterocycles. The van der Waals surface area contributed by atoms with E-state index < -0.39 is 0 Å². The van der Waals surface area contributed by atoms with Crippen LogP contribution >= 0.6 is 0 Å². The molecule has 27 heavy (non-hydrogen) atoms. The molecule has 1 aliphatic carbocycles. The van der Waals surface area contributed by atoms with Crippen molar-refractivity contribution in [3.05, 3.63) is 71.3 Å². The van der Waals surface area contributed by atoms with Gasteiger partial charge in [-0.25, -0.2) is 0 Å². The molecule has 2 aliphatic rings. The van der Waals surface area contributed by atoms with Crippen LogP contribution in [0.5, 0.6) is 5.75 Å². The highest BCUT2D eigenvalue weighted by atomic mass is 16.5. The molecule has 1 heterocycles. The van der Waals surface area contributed by atoms with E-state index in [0.29, 0.717) is 18.4 Å². The lowest BCUT2D eigenvalue weighted by Crippen LogP contribution is -2.30. The Morgan fingerprint density at radius 2 is 2.15 bits per heavy atom. The van der Waals surface area contributed by atoms with Crippen molar-refractivity contribution in [1.29, 1.82) is 0 Å². The average molecular weight is 362 g/mol. The molecule has 4 heteroatoms. The third-order valence-electron chi connectivity index (χ3n) is 5.61. The van der Waals surface area contributed by atoms with Gasteiger partial charge in [0.15, 0.2) is 0 Å². The minimum absolute atomic E-state index is 0.00750. The zero-order valence-electron chi connectivity index (χ0n) is 15.9. The number of hydrogen-bond donors (Lipinski definition) is 2. The summed E-state index contributed by atoms with van der Waals surface area (Å²) in [4.78, 5) is 12.4. The van der Waals surface area contributed by atoms with Crippen molar-refractivity contribution in [2.75, 3.05) is 19.0 Å². The number of allylic oxidation sites excluding steroid dienone is 2. The van der Waals surface area contributed by atoms with Crippen LogP contribution < -0.4 is 15.4 Å². The highest BCUT2D eigenvalue weighted by Gasteiger charge is 2.38. The van der Waals surface area contributed by atoms with Crippen LogP contribution in [0.1, 0.15) is 53.2 Å². The highest BCUT2D eigenvalue weighted by molar-refractivity contribution is 5.95. The minimum atomic E-state index is 0.00750. The van der Waals surface area contributed by atoms with E-state index >= 15 is 0 Å². The topological polar surface area (TPSA) is 50.4 Å². The number of amides is 1.